The Hall–Kier alpha value is -2.88. The summed E-state index contributed by atoms with van der Waals surface area (Å²) in [7, 11) is 0.879. The molecule has 2 aliphatic heterocycles. The van der Waals surface area contributed by atoms with Crippen molar-refractivity contribution in [2.75, 3.05) is 43.6 Å². The molecule has 8 nitrogen and oxygen atoms in total. The first-order chi connectivity index (χ1) is 19.2. The molecule has 6 rings (SSSR count). The maximum Gasteiger partial charge on any atom is 0.318 e. The Morgan fingerprint density at radius 2 is 1.95 bits per heavy atom. The van der Waals surface area contributed by atoms with E-state index < -0.39 is 9.84 Å². The largest absolute Gasteiger partial charge is 0.462 e. The Labute approximate surface area is 241 Å². The van der Waals surface area contributed by atoms with E-state index in [1.54, 1.807) is 0 Å². The van der Waals surface area contributed by atoms with Gasteiger partial charge in [-0.1, -0.05) is 42.4 Å². The number of aromatic nitrogens is 2. The molecule has 1 aromatic heterocycles. The Balaban J connectivity index is 1.31. The van der Waals surface area contributed by atoms with Crippen molar-refractivity contribution < 1.29 is 13.2 Å². The van der Waals surface area contributed by atoms with E-state index >= 15 is 0 Å². The summed E-state index contributed by atoms with van der Waals surface area (Å²) >= 11 is 6.67. The molecule has 2 fully saturated rings. The molecule has 0 radical (unpaired) electrons. The van der Waals surface area contributed by atoms with Gasteiger partial charge in [0.1, 0.15) is 12.4 Å². The van der Waals surface area contributed by atoms with Gasteiger partial charge in [-0.15, -0.1) is 0 Å². The molecule has 212 valence electrons. The highest BCUT2D eigenvalue weighted by atomic mass is 35.5. The maximum atomic E-state index is 12.3. The van der Waals surface area contributed by atoms with Crippen LogP contribution in [0.2, 0.25) is 5.02 Å². The van der Waals surface area contributed by atoms with Gasteiger partial charge in [0.05, 0.1) is 22.5 Å². The van der Waals surface area contributed by atoms with Gasteiger partial charge in [-0.05, 0) is 63.2 Å². The molecule has 0 bridgehead atoms. The number of halogens is 1. The molecule has 0 amide bonds. The predicted molar refractivity (Wildman–Crippen MR) is 161 cm³/mol. The molecule has 3 aliphatic rings. The lowest BCUT2D eigenvalue weighted by Crippen LogP contribution is -2.49. The zero-order valence-corrected chi connectivity index (χ0v) is 24.7. The third-order valence-electron chi connectivity index (χ3n) is 8.92. The van der Waals surface area contributed by atoms with Crippen molar-refractivity contribution in [1.29, 1.82) is 0 Å². The van der Waals surface area contributed by atoms with Gasteiger partial charge in [0.2, 0.25) is 0 Å². The van der Waals surface area contributed by atoms with Crippen LogP contribution in [0.15, 0.2) is 48.4 Å². The van der Waals surface area contributed by atoms with Crippen molar-refractivity contribution in [2.45, 2.75) is 56.0 Å². The maximum absolute atomic E-state index is 12.3. The van der Waals surface area contributed by atoms with Crippen LogP contribution >= 0.6 is 11.6 Å². The monoisotopic (exact) mass is 581 g/mol. The van der Waals surface area contributed by atoms with Gasteiger partial charge in [-0.2, -0.15) is 9.97 Å². The molecule has 3 heterocycles. The molecule has 0 N–H and O–H groups in total. The summed E-state index contributed by atoms with van der Waals surface area (Å²) in [5.41, 5.74) is 3.13. The van der Waals surface area contributed by atoms with E-state index in [1.165, 1.54) is 6.42 Å². The molecule has 1 saturated heterocycles. The summed E-state index contributed by atoms with van der Waals surface area (Å²) < 4.78 is 30.8. The van der Waals surface area contributed by atoms with Crippen LogP contribution < -0.4 is 14.5 Å². The minimum atomic E-state index is -3.26. The van der Waals surface area contributed by atoms with Gasteiger partial charge in [0.15, 0.2) is 9.84 Å². The van der Waals surface area contributed by atoms with E-state index in [9.17, 15) is 8.42 Å². The number of fused-ring (bicyclic) bond motifs is 2. The van der Waals surface area contributed by atoms with Crippen LogP contribution in [-0.4, -0.2) is 74.4 Å². The number of anilines is 2. The Morgan fingerprint density at radius 1 is 1.18 bits per heavy atom. The van der Waals surface area contributed by atoms with Crippen LogP contribution in [0, 0.1) is 0 Å². The predicted octanol–water partition coefficient (Wildman–Crippen LogP) is 4.84. The van der Waals surface area contributed by atoms with Crippen LogP contribution in [0.3, 0.4) is 0 Å². The zero-order valence-electron chi connectivity index (χ0n) is 23.1. The Morgan fingerprint density at radius 3 is 2.67 bits per heavy atom. The number of ether oxygens (including phenoxy) is 1. The lowest BCUT2D eigenvalue weighted by Gasteiger charge is -2.42. The third kappa shape index (κ3) is 5.03. The summed E-state index contributed by atoms with van der Waals surface area (Å²) in [6.07, 6.45) is 4.16. The second-order valence-electron chi connectivity index (χ2n) is 11.2. The normalized spacial score (nSPS) is 23.1. The van der Waals surface area contributed by atoms with E-state index in [0.29, 0.717) is 38.0 Å². The molecule has 2 aromatic carbocycles. The van der Waals surface area contributed by atoms with E-state index in [2.05, 4.69) is 52.6 Å². The molecule has 1 unspecified atom stereocenters. The zero-order chi connectivity index (χ0) is 28.0. The Kier molecular flexibility index (Phi) is 7.39. The van der Waals surface area contributed by atoms with Gasteiger partial charge in [0, 0.05) is 47.7 Å². The molecule has 1 atom stereocenters. The lowest BCUT2D eigenvalue weighted by atomic mass is 9.90. The number of hydrogen-bond acceptors (Lipinski definition) is 8. The second kappa shape index (κ2) is 10.8. The fourth-order valence-corrected chi connectivity index (χ4v) is 7.81. The first-order valence-electron chi connectivity index (χ1n) is 14.0. The number of likely N-dealkylation sites (N-methyl/N-ethyl adjacent to an activating group) is 1. The highest BCUT2D eigenvalue weighted by molar-refractivity contribution is 7.94. The molecule has 3 aromatic rings. The van der Waals surface area contributed by atoms with Gasteiger partial charge in [-0.25, -0.2) is 8.42 Å². The number of benzene rings is 2. The summed E-state index contributed by atoms with van der Waals surface area (Å²) in [4.78, 5) is 16.6. The standard InChI is InChI=1S/C30H36ClN5O3S/c1-4-40(37,38)23-16-22(17-23)35(3)29-24-13-15-36(27-12-6-9-20-8-5-11-25(31)28(20)27)18-26(24)32-30(33-29)39-19-21-10-7-14-34(21)2/h4-6,8-9,11-12,21-23H,1,7,10,13-19H2,2-3H3. The lowest BCUT2D eigenvalue weighted by molar-refractivity contribution is 0.187. The van der Waals surface area contributed by atoms with Gasteiger partial charge < -0.3 is 19.4 Å². The number of rotatable bonds is 8. The molecule has 1 aliphatic carbocycles. The van der Waals surface area contributed by atoms with Gasteiger partial charge >= 0.3 is 6.01 Å². The number of likely N-dealkylation sites (tertiary alicyclic amines) is 1. The van der Waals surface area contributed by atoms with Crippen LogP contribution in [0.5, 0.6) is 6.01 Å². The number of nitrogens with zero attached hydrogens (tertiary/aromatic N) is 5. The third-order valence-corrected chi connectivity index (χ3v) is 11.0. The van der Waals surface area contributed by atoms with Gasteiger partial charge in [-0.3, -0.25) is 0 Å². The van der Waals surface area contributed by atoms with Crippen molar-refractivity contribution in [3.8, 4) is 6.01 Å². The van der Waals surface area contributed by atoms with Crippen LogP contribution in [0.25, 0.3) is 10.8 Å². The van der Waals surface area contributed by atoms with E-state index in [-0.39, 0.29) is 11.3 Å². The summed E-state index contributed by atoms with van der Waals surface area (Å²) in [5, 5.41) is 3.60. The number of sulfone groups is 1. The SMILES string of the molecule is C=CS(=O)(=O)C1CC(N(C)c2nc(OCC3CCCN3C)nc3c2CCN(c2cccc4cccc(Cl)c24)C3)C1. The smallest absolute Gasteiger partial charge is 0.318 e. The average molecular weight is 582 g/mol. The summed E-state index contributed by atoms with van der Waals surface area (Å²) in [6.45, 7) is 6.52. The fourth-order valence-electron chi connectivity index (χ4n) is 6.28. The van der Waals surface area contributed by atoms with Crippen molar-refractivity contribution in [2.24, 2.45) is 0 Å². The first-order valence-corrected chi connectivity index (χ1v) is 16.0. The van der Waals surface area contributed by atoms with Crippen molar-refractivity contribution in [3.05, 3.63) is 64.7 Å². The van der Waals surface area contributed by atoms with Crippen LogP contribution in [-0.2, 0) is 22.8 Å². The van der Waals surface area contributed by atoms with E-state index in [4.69, 9.17) is 26.3 Å². The fraction of sp³-hybridized carbons (Fsp3) is 0.467. The van der Waals surface area contributed by atoms with E-state index in [0.717, 1.165) is 69.9 Å². The topological polar surface area (TPSA) is 78.9 Å². The van der Waals surface area contributed by atoms with Crippen molar-refractivity contribution >= 4 is 43.7 Å². The molecular weight excluding hydrogens is 546 g/mol. The molecular formula is C30H36ClN5O3S. The second-order valence-corrected chi connectivity index (χ2v) is 13.8. The average Bonchev–Trinajstić information content (AvgIpc) is 3.34. The minimum Gasteiger partial charge on any atom is -0.462 e. The van der Waals surface area contributed by atoms with Crippen LogP contribution in [0.1, 0.15) is 36.9 Å². The van der Waals surface area contributed by atoms with Crippen LogP contribution in [0.4, 0.5) is 11.5 Å². The summed E-state index contributed by atoms with van der Waals surface area (Å²) in [6, 6.07) is 13.1. The van der Waals surface area contributed by atoms with Crippen molar-refractivity contribution in [3.63, 3.8) is 0 Å². The molecule has 0 spiro atoms. The van der Waals surface area contributed by atoms with E-state index in [1.807, 2.05) is 19.2 Å². The quantitative estimate of drug-likeness (QED) is 0.374. The Bertz CT molecular complexity index is 1540. The molecule has 1 saturated carbocycles. The number of hydrogen-bond donors (Lipinski definition) is 0. The molecule has 10 heteroatoms. The highest BCUT2D eigenvalue weighted by Gasteiger charge is 2.41. The van der Waals surface area contributed by atoms with Crippen molar-refractivity contribution in [1.82, 2.24) is 14.9 Å². The first kappa shape index (κ1) is 27.3. The minimum absolute atomic E-state index is 0.0856. The highest BCUT2D eigenvalue weighted by Crippen LogP contribution is 2.39. The summed E-state index contributed by atoms with van der Waals surface area (Å²) in [5.74, 6) is 0.842. The van der Waals surface area contributed by atoms with Gasteiger partial charge in [0.25, 0.3) is 0 Å². The molecule has 40 heavy (non-hydrogen) atoms.